The molecule has 2 saturated carbocycles. The van der Waals surface area contributed by atoms with Gasteiger partial charge in [-0.1, -0.05) is 43.3 Å². The molecule has 0 aromatic heterocycles. The van der Waals surface area contributed by atoms with Crippen LogP contribution in [0.5, 0.6) is 5.75 Å². The minimum atomic E-state index is -0.709. The van der Waals surface area contributed by atoms with Gasteiger partial charge in [0.2, 0.25) is 0 Å². The highest BCUT2D eigenvalue weighted by Crippen LogP contribution is 2.57. The van der Waals surface area contributed by atoms with Crippen LogP contribution in [0.25, 0.3) is 0 Å². The van der Waals surface area contributed by atoms with Crippen molar-refractivity contribution in [1.82, 2.24) is 0 Å². The third-order valence-electron chi connectivity index (χ3n) is 8.18. The molecule has 0 N–H and O–H groups in total. The van der Waals surface area contributed by atoms with E-state index in [-0.39, 0.29) is 6.10 Å². The molecule has 1 unspecified atom stereocenters. The van der Waals surface area contributed by atoms with E-state index in [1.807, 2.05) is 25.1 Å². The summed E-state index contributed by atoms with van der Waals surface area (Å²) in [6.45, 7) is 5.71. The molecule has 0 radical (unpaired) electrons. The second-order valence-corrected chi connectivity index (χ2v) is 9.96. The average molecular weight is 423 g/mol. The number of ether oxygens (including phenoxy) is 2. The maximum atomic E-state index is 14.7. The molecule has 3 heteroatoms. The van der Waals surface area contributed by atoms with Crippen molar-refractivity contribution >= 4 is 0 Å². The van der Waals surface area contributed by atoms with Gasteiger partial charge in [0.1, 0.15) is 18.5 Å². The molecular formula is C28H35FO2. The highest BCUT2D eigenvalue weighted by Gasteiger charge is 2.51. The van der Waals surface area contributed by atoms with E-state index in [0.717, 1.165) is 18.6 Å². The SMILES string of the molecule is CCO[C@H]1C[C@@H](F)C[C@@H]2C1[C@H](C)C[C@@H]1c3ccc(OCc4ccccc4)cc3CC[C@H]12. The van der Waals surface area contributed by atoms with Crippen molar-refractivity contribution in [3.8, 4) is 5.75 Å². The fourth-order valence-electron chi connectivity index (χ4n) is 6.99. The zero-order valence-corrected chi connectivity index (χ0v) is 18.8. The van der Waals surface area contributed by atoms with Crippen LogP contribution in [-0.2, 0) is 17.8 Å². The van der Waals surface area contributed by atoms with E-state index in [4.69, 9.17) is 9.47 Å². The maximum Gasteiger partial charge on any atom is 0.120 e. The van der Waals surface area contributed by atoms with E-state index in [1.165, 1.54) is 29.5 Å². The largest absolute Gasteiger partial charge is 0.489 e. The van der Waals surface area contributed by atoms with Crippen molar-refractivity contribution in [1.29, 1.82) is 0 Å². The lowest BCUT2D eigenvalue weighted by atomic mass is 9.53. The van der Waals surface area contributed by atoms with Crippen LogP contribution in [0.2, 0.25) is 0 Å². The van der Waals surface area contributed by atoms with Crippen LogP contribution in [-0.4, -0.2) is 18.9 Å². The minimum absolute atomic E-state index is 0.102. The van der Waals surface area contributed by atoms with Crippen molar-refractivity contribution in [2.75, 3.05) is 6.61 Å². The third kappa shape index (κ3) is 4.14. The number of benzene rings is 2. The predicted octanol–water partition coefficient (Wildman–Crippen LogP) is 6.72. The quantitative estimate of drug-likeness (QED) is 0.532. The molecule has 2 fully saturated rings. The highest BCUT2D eigenvalue weighted by atomic mass is 19.1. The monoisotopic (exact) mass is 422 g/mol. The molecule has 0 amide bonds. The van der Waals surface area contributed by atoms with Crippen molar-refractivity contribution in [2.24, 2.45) is 23.7 Å². The first-order chi connectivity index (χ1) is 15.1. The number of hydrogen-bond donors (Lipinski definition) is 0. The van der Waals surface area contributed by atoms with Gasteiger partial charge in [0, 0.05) is 13.0 Å². The molecule has 7 atom stereocenters. The van der Waals surface area contributed by atoms with Crippen LogP contribution in [0.15, 0.2) is 48.5 Å². The summed E-state index contributed by atoms with van der Waals surface area (Å²) in [4.78, 5) is 0. The number of halogens is 1. The Morgan fingerprint density at radius 1 is 1.00 bits per heavy atom. The number of hydrogen-bond acceptors (Lipinski definition) is 2. The molecule has 0 heterocycles. The smallest absolute Gasteiger partial charge is 0.120 e. The number of alkyl halides is 1. The molecule has 31 heavy (non-hydrogen) atoms. The topological polar surface area (TPSA) is 18.5 Å². The van der Waals surface area contributed by atoms with Crippen molar-refractivity contribution < 1.29 is 13.9 Å². The fraction of sp³-hybridized carbons (Fsp3) is 0.571. The molecular weight excluding hydrogens is 387 g/mol. The first-order valence-electron chi connectivity index (χ1n) is 12.2. The summed E-state index contributed by atoms with van der Waals surface area (Å²) in [6, 6.07) is 17.0. The van der Waals surface area contributed by atoms with E-state index in [0.29, 0.717) is 49.2 Å². The standard InChI is InChI=1S/C28H35FO2/c1-3-30-27-16-21(29)15-26-24-11-9-20-14-22(31-17-19-7-5-4-6-8-19)10-12-23(20)25(24)13-18(2)28(26)27/h4-8,10,12,14,18,21,24-28H,3,9,11,13,15-17H2,1-2H3/t18-,21+,24-,25-,26+,27+,28?/m1/s1. The van der Waals surface area contributed by atoms with Gasteiger partial charge in [0.15, 0.2) is 0 Å². The van der Waals surface area contributed by atoms with Gasteiger partial charge in [-0.2, -0.15) is 0 Å². The Morgan fingerprint density at radius 3 is 2.65 bits per heavy atom. The van der Waals surface area contributed by atoms with Crippen molar-refractivity contribution in [2.45, 2.75) is 70.8 Å². The summed E-state index contributed by atoms with van der Waals surface area (Å²) in [7, 11) is 0. The zero-order valence-electron chi connectivity index (χ0n) is 18.8. The highest BCUT2D eigenvalue weighted by molar-refractivity contribution is 5.40. The lowest BCUT2D eigenvalue weighted by Gasteiger charge is -2.54. The molecule has 2 aromatic carbocycles. The van der Waals surface area contributed by atoms with Gasteiger partial charge in [-0.25, -0.2) is 4.39 Å². The van der Waals surface area contributed by atoms with Gasteiger partial charge < -0.3 is 9.47 Å². The van der Waals surface area contributed by atoms with Gasteiger partial charge in [-0.3, -0.25) is 0 Å². The molecule has 2 aromatic rings. The summed E-state index contributed by atoms with van der Waals surface area (Å²) in [5.41, 5.74) is 4.11. The van der Waals surface area contributed by atoms with Crippen LogP contribution in [0.1, 0.15) is 62.1 Å². The van der Waals surface area contributed by atoms with Crippen molar-refractivity contribution in [3.05, 3.63) is 65.2 Å². The summed E-state index contributed by atoms with van der Waals surface area (Å²) in [5.74, 6) is 3.65. The summed E-state index contributed by atoms with van der Waals surface area (Å²) < 4.78 is 26.8. The van der Waals surface area contributed by atoms with Gasteiger partial charge in [0.25, 0.3) is 0 Å². The maximum absolute atomic E-state index is 14.7. The molecule has 3 aliphatic rings. The lowest BCUT2D eigenvalue weighted by molar-refractivity contribution is -0.107. The second kappa shape index (κ2) is 8.94. The number of aryl methyl sites for hydroxylation is 1. The van der Waals surface area contributed by atoms with Crippen molar-refractivity contribution in [3.63, 3.8) is 0 Å². The minimum Gasteiger partial charge on any atom is -0.489 e. The Labute approximate surface area is 186 Å². The van der Waals surface area contributed by atoms with Crippen LogP contribution in [0.3, 0.4) is 0 Å². The molecule has 0 saturated heterocycles. The number of rotatable bonds is 5. The molecule has 166 valence electrons. The first kappa shape index (κ1) is 21.0. The van der Waals surface area contributed by atoms with E-state index in [2.05, 4.69) is 37.3 Å². The predicted molar refractivity (Wildman–Crippen MR) is 122 cm³/mol. The van der Waals surface area contributed by atoms with E-state index in [9.17, 15) is 4.39 Å². The molecule has 2 nitrogen and oxygen atoms in total. The van der Waals surface area contributed by atoms with Crippen LogP contribution in [0, 0.1) is 23.7 Å². The average Bonchev–Trinajstić information content (AvgIpc) is 2.78. The molecule has 0 bridgehead atoms. The molecule has 0 spiro atoms. The summed E-state index contributed by atoms with van der Waals surface area (Å²) >= 11 is 0. The van der Waals surface area contributed by atoms with Gasteiger partial charge in [-0.15, -0.1) is 0 Å². The Hall–Kier alpha value is -1.87. The molecule has 5 rings (SSSR count). The summed E-state index contributed by atoms with van der Waals surface area (Å²) in [6.07, 6.45) is 4.15. The first-order valence-corrected chi connectivity index (χ1v) is 12.2. The Bertz CT molecular complexity index is 882. The second-order valence-electron chi connectivity index (χ2n) is 9.96. The van der Waals surface area contributed by atoms with Gasteiger partial charge in [-0.05, 0) is 91.0 Å². The Morgan fingerprint density at radius 2 is 1.84 bits per heavy atom. The van der Waals surface area contributed by atoms with Crippen LogP contribution < -0.4 is 4.74 Å². The Balaban J connectivity index is 1.35. The van der Waals surface area contributed by atoms with Gasteiger partial charge >= 0.3 is 0 Å². The lowest BCUT2D eigenvalue weighted by Crippen LogP contribution is -2.50. The van der Waals surface area contributed by atoms with E-state index in [1.54, 1.807) is 0 Å². The molecule has 3 aliphatic carbocycles. The van der Waals surface area contributed by atoms with Crippen LogP contribution >= 0.6 is 0 Å². The zero-order chi connectivity index (χ0) is 21.4. The van der Waals surface area contributed by atoms with Gasteiger partial charge in [0.05, 0.1) is 6.10 Å². The normalized spacial score (nSPS) is 34.4. The van der Waals surface area contributed by atoms with Crippen LogP contribution in [0.4, 0.5) is 4.39 Å². The fourth-order valence-corrected chi connectivity index (χ4v) is 6.99. The molecule has 0 aliphatic heterocycles. The summed E-state index contributed by atoms with van der Waals surface area (Å²) in [5, 5.41) is 0. The third-order valence-corrected chi connectivity index (χ3v) is 8.18. The Kier molecular flexibility index (Phi) is 6.05. The number of fused-ring (bicyclic) bond motifs is 5. The van der Waals surface area contributed by atoms with E-state index >= 15 is 0 Å². The van der Waals surface area contributed by atoms with E-state index < -0.39 is 6.17 Å².